The molecule has 0 aliphatic carbocycles. The Labute approximate surface area is 184 Å². The van der Waals surface area contributed by atoms with Gasteiger partial charge in [-0.15, -0.1) is 0 Å². The van der Waals surface area contributed by atoms with Crippen molar-refractivity contribution in [2.24, 2.45) is 0 Å². The van der Waals surface area contributed by atoms with Crippen LogP contribution in [0.4, 0.5) is 0 Å². The number of hydrogen-bond donors (Lipinski definition) is 2. The molecule has 4 rings (SSSR count). The summed E-state index contributed by atoms with van der Waals surface area (Å²) in [5.41, 5.74) is 5.25. The van der Waals surface area contributed by atoms with Crippen LogP contribution in [0.5, 0.6) is 0 Å². The van der Waals surface area contributed by atoms with Gasteiger partial charge < -0.3 is 0 Å². The first-order valence-corrected chi connectivity index (χ1v) is 11.4. The van der Waals surface area contributed by atoms with Crippen molar-refractivity contribution in [1.82, 2.24) is 20.1 Å². The molecule has 0 radical (unpaired) electrons. The molecule has 1 aliphatic rings. The highest BCUT2D eigenvalue weighted by atomic mass is 35.5. The highest BCUT2D eigenvalue weighted by Crippen LogP contribution is 2.25. The van der Waals surface area contributed by atoms with Crippen molar-refractivity contribution in [3.63, 3.8) is 0 Å². The lowest BCUT2D eigenvalue weighted by Gasteiger charge is -2.16. The maximum Gasteiger partial charge on any atom is 0.288 e. The number of para-hydroxylation sites is 1. The molecular weight excluding hydrogens is 440 g/mol. The second-order valence-electron chi connectivity index (χ2n) is 7.05. The van der Waals surface area contributed by atoms with Crippen molar-refractivity contribution >= 4 is 44.3 Å². The summed E-state index contributed by atoms with van der Waals surface area (Å²) in [4.78, 5) is 29.2. The Morgan fingerprint density at radius 1 is 0.935 bits per heavy atom. The van der Waals surface area contributed by atoms with Crippen LogP contribution in [-0.4, -0.2) is 42.6 Å². The molecule has 160 valence electrons. The van der Waals surface area contributed by atoms with Crippen molar-refractivity contribution in [1.29, 1.82) is 0 Å². The second-order valence-corrected chi connectivity index (χ2v) is 9.40. The van der Waals surface area contributed by atoms with Crippen LogP contribution >= 0.6 is 11.6 Å². The molecule has 0 unspecified atom stereocenters. The summed E-state index contributed by atoms with van der Waals surface area (Å²) in [7, 11) is -3.71. The molecule has 0 bridgehead atoms. The number of hydrogen-bond acceptors (Lipinski definition) is 5. The monoisotopic (exact) mass is 458 g/mol. The third kappa shape index (κ3) is 4.39. The van der Waals surface area contributed by atoms with E-state index >= 15 is 0 Å². The van der Waals surface area contributed by atoms with Gasteiger partial charge in [0.2, 0.25) is 10.0 Å². The number of hydrazine groups is 1. The lowest BCUT2D eigenvalue weighted by molar-refractivity contribution is 0.0844. The van der Waals surface area contributed by atoms with Gasteiger partial charge in [-0.25, -0.2) is 13.4 Å². The number of halogens is 1. The fourth-order valence-corrected chi connectivity index (χ4v) is 5.10. The highest BCUT2D eigenvalue weighted by Gasteiger charge is 2.28. The number of sulfonamides is 1. The third-order valence-corrected chi connectivity index (χ3v) is 7.23. The van der Waals surface area contributed by atoms with E-state index in [-0.39, 0.29) is 21.2 Å². The maximum atomic E-state index is 12.8. The van der Waals surface area contributed by atoms with Gasteiger partial charge in [-0.05, 0) is 43.2 Å². The van der Waals surface area contributed by atoms with Crippen molar-refractivity contribution in [2.45, 2.75) is 17.7 Å². The van der Waals surface area contributed by atoms with Crippen LogP contribution in [0.3, 0.4) is 0 Å². The third-order valence-electron chi connectivity index (χ3n) is 5.01. The molecule has 31 heavy (non-hydrogen) atoms. The van der Waals surface area contributed by atoms with Crippen molar-refractivity contribution in [3.8, 4) is 0 Å². The molecule has 1 aromatic heterocycles. The molecular formula is C21H19ClN4O4S. The Kier molecular flexibility index (Phi) is 5.90. The van der Waals surface area contributed by atoms with E-state index in [9.17, 15) is 18.0 Å². The highest BCUT2D eigenvalue weighted by molar-refractivity contribution is 7.89. The molecule has 2 heterocycles. The summed E-state index contributed by atoms with van der Waals surface area (Å²) < 4.78 is 26.9. The molecule has 0 spiro atoms. The van der Waals surface area contributed by atoms with Gasteiger partial charge in [0, 0.05) is 18.5 Å². The Bertz CT molecular complexity index is 1270. The van der Waals surface area contributed by atoms with E-state index in [1.807, 2.05) is 18.2 Å². The number of aromatic nitrogens is 1. The summed E-state index contributed by atoms with van der Waals surface area (Å²) >= 11 is 6.10. The minimum absolute atomic E-state index is 0.0218. The fourth-order valence-electron chi connectivity index (χ4n) is 3.35. The average Bonchev–Trinajstić information content (AvgIpc) is 3.33. The first kappa shape index (κ1) is 21.2. The molecule has 0 atom stereocenters. The van der Waals surface area contributed by atoms with E-state index in [1.54, 1.807) is 18.2 Å². The van der Waals surface area contributed by atoms with E-state index < -0.39 is 21.8 Å². The Morgan fingerprint density at radius 2 is 1.65 bits per heavy atom. The molecule has 10 heteroatoms. The lowest BCUT2D eigenvalue weighted by Crippen LogP contribution is -2.42. The Balaban J connectivity index is 1.49. The number of benzene rings is 2. The van der Waals surface area contributed by atoms with Crippen molar-refractivity contribution in [3.05, 3.63) is 70.9 Å². The smallest absolute Gasteiger partial charge is 0.267 e. The molecule has 8 nitrogen and oxygen atoms in total. The zero-order valence-corrected chi connectivity index (χ0v) is 17.9. The number of amides is 2. The van der Waals surface area contributed by atoms with Gasteiger partial charge in [0.05, 0.1) is 21.0 Å². The lowest BCUT2D eigenvalue weighted by atomic mass is 10.2. The minimum Gasteiger partial charge on any atom is -0.267 e. The summed E-state index contributed by atoms with van der Waals surface area (Å²) in [6.45, 7) is 0.891. The summed E-state index contributed by atoms with van der Waals surface area (Å²) in [5, 5.41) is 0.946. The number of carbonyl (C=O) groups is 2. The van der Waals surface area contributed by atoms with Gasteiger partial charge in [0.1, 0.15) is 5.69 Å². The van der Waals surface area contributed by atoms with Crippen LogP contribution in [0.1, 0.15) is 33.7 Å². The second kappa shape index (κ2) is 8.62. The van der Waals surface area contributed by atoms with Crippen molar-refractivity contribution in [2.75, 3.05) is 13.1 Å². The predicted molar refractivity (Wildman–Crippen MR) is 116 cm³/mol. The first-order valence-electron chi connectivity index (χ1n) is 9.62. The van der Waals surface area contributed by atoms with Crippen LogP contribution in [-0.2, 0) is 10.0 Å². The molecule has 2 aromatic carbocycles. The molecule has 1 saturated heterocycles. The van der Waals surface area contributed by atoms with Crippen LogP contribution in [0.2, 0.25) is 5.02 Å². The van der Waals surface area contributed by atoms with E-state index in [2.05, 4.69) is 15.8 Å². The standard InChI is InChI=1S/C21H19ClN4O4S/c22-17-9-8-15(31(29,30)26-11-3-4-12-26)13-16(17)20(27)24-25-21(28)19-10-7-14-5-1-2-6-18(14)23-19/h1-2,5-10,13H,3-4,11-12H2,(H,24,27)(H,25,28). The zero-order valence-electron chi connectivity index (χ0n) is 16.3. The fraction of sp³-hybridized carbons (Fsp3) is 0.190. The topological polar surface area (TPSA) is 108 Å². The van der Waals surface area contributed by atoms with Gasteiger partial charge in [0.25, 0.3) is 11.8 Å². The zero-order chi connectivity index (χ0) is 22.0. The van der Waals surface area contributed by atoms with Crippen molar-refractivity contribution < 1.29 is 18.0 Å². The van der Waals surface area contributed by atoms with Crippen LogP contribution in [0.15, 0.2) is 59.5 Å². The molecule has 3 aromatic rings. The van der Waals surface area contributed by atoms with Crippen LogP contribution in [0, 0.1) is 0 Å². The van der Waals surface area contributed by atoms with E-state index in [0.29, 0.717) is 18.6 Å². The molecule has 1 fully saturated rings. The Hall–Kier alpha value is -3.01. The van der Waals surface area contributed by atoms with Gasteiger partial charge >= 0.3 is 0 Å². The number of pyridine rings is 1. The molecule has 1 aliphatic heterocycles. The number of rotatable bonds is 4. The molecule has 2 N–H and O–H groups in total. The number of carbonyl (C=O) groups excluding carboxylic acids is 2. The van der Waals surface area contributed by atoms with Gasteiger partial charge in [-0.1, -0.05) is 35.9 Å². The largest absolute Gasteiger partial charge is 0.288 e. The quantitative estimate of drug-likeness (QED) is 0.584. The van der Waals surface area contributed by atoms with Gasteiger partial charge in [-0.2, -0.15) is 4.31 Å². The summed E-state index contributed by atoms with van der Waals surface area (Å²) in [5.74, 6) is -1.35. The minimum atomic E-state index is -3.71. The van der Waals surface area contributed by atoms with E-state index in [4.69, 9.17) is 11.6 Å². The average molecular weight is 459 g/mol. The number of fused-ring (bicyclic) bond motifs is 1. The summed E-state index contributed by atoms with van der Waals surface area (Å²) in [6.07, 6.45) is 1.60. The van der Waals surface area contributed by atoms with Crippen LogP contribution in [0.25, 0.3) is 10.9 Å². The predicted octanol–water partition coefficient (Wildman–Crippen LogP) is 2.75. The summed E-state index contributed by atoms with van der Waals surface area (Å²) in [6, 6.07) is 14.6. The normalized spacial score (nSPS) is 14.5. The number of nitrogens with zero attached hydrogens (tertiary/aromatic N) is 2. The van der Waals surface area contributed by atoms with E-state index in [0.717, 1.165) is 18.2 Å². The van der Waals surface area contributed by atoms with E-state index in [1.165, 1.54) is 22.5 Å². The maximum absolute atomic E-state index is 12.8. The Morgan fingerprint density at radius 3 is 2.42 bits per heavy atom. The first-order chi connectivity index (χ1) is 14.9. The molecule has 0 saturated carbocycles. The van der Waals surface area contributed by atoms with Gasteiger partial charge in [0.15, 0.2) is 0 Å². The number of nitrogens with one attached hydrogen (secondary N) is 2. The SMILES string of the molecule is O=C(NNC(=O)c1cc(S(=O)(=O)N2CCCC2)ccc1Cl)c1ccc2ccccc2n1. The van der Waals surface area contributed by atoms with Gasteiger partial charge in [-0.3, -0.25) is 20.4 Å². The molecule has 2 amide bonds. The van der Waals surface area contributed by atoms with Crippen LogP contribution < -0.4 is 10.9 Å².